The first kappa shape index (κ1) is 19.4. The highest BCUT2D eigenvalue weighted by atomic mass is 16.5. The summed E-state index contributed by atoms with van der Waals surface area (Å²) < 4.78 is 11.8. The van der Waals surface area contributed by atoms with E-state index in [2.05, 4.69) is 10.4 Å². The fraction of sp³-hybridized carbons (Fsp3) is 0.286. The highest BCUT2D eigenvalue weighted by Crippen LogP contribution is 2.27. The summed E-state index contributed by atoms with van der Waals surface area (Å²) in [7, 11) is 3.17. The third-order valence-electron chi connectivity index (χ3n) is 4.53. The summed E-state index contributed by atoms with van der Waals surface area (Å²) in [5.41, 5.74) is 1.07. The van der Waals surface area contributed by atoms with Crippen LogP contribution < -0.4 is 20.3 Å². The van der Waals surface area contributed by atoms with Gasteiger partial charge in [0.05, 0.1) is 19.6 Å². The van der Waals surface area contributed by atoms with Crippen LogP contribution in [0.4, 0.5) is 0 Å². The molecular weight excluding hydrogens is 358 g/mol. The molecule has 1 heterocycles. The van der Waals surface area contributed by atoms with Crippen molar-refractivity contribution >= 4 is 16.7 Å². The minimum absolute atomic E-state index is 0.194. The summed E-state index contributed by atoms with van der Waals surface area (Å²) in [6.07, 6.45) is 0.622. The Morgan fingerprint density at radius 2 is 1.79 bits per heavy atom. The number of benzene rings is 2. The SMILES string of the molecule is CCn1nc(C(=O)NCCc2ccc(OC)c(OC)c2)c2ccccc2c1=O. The van der Waals surface area contributed by atoms with Crippen molar-refractivity contribution in [3.05, 3.63) is 64.1 Å². The van der Waals surface area contributed by atoms with Gasteiger partial charge in [-0.1, -0.05) is 24.3 Å². The molecule has 0 fully saturated rings. The van der Waals surface area contributed by atoms with Gasteiger partial charge in [-0.15, -0.1) is 0 Å². The molecule has 3 aromatic rings. The second-order valence-electron chi connectivity index (χ2n) is 6.21. The van der Waals surface area contributed by atoms with Crippen molar-refractivity contribution in [3.8, 4) is 11.5 Å². The van der Waals surface area contributed by atoms with Gasteiger partial charge >= 0.3 is 0 Å². The maximum absolute atomic E-state index is 12.7. The number of fused-ring (bicyclic) bond motifs is 1. The smallest absolute Gasteiger partial charge is 0.274 e. The Morgan fingerprint density at radius 1 is 1.07 bits per heavy atom. The minimum atomic E-state index is -0.307. The highest BCUT2D eigenvalue weighted by molar-refractivity contribution is 6.04. The topological polar surface area (TPSA) is 82.5 Å². The second kappa shape index (κ2) is 8.56. The molecule has 0 unspecified atom stereocenters. The summed E-state index contributed by atoms with van der Waals surface area (Å²) in [5.74, 6) is 1.00. The molecule has 0 saturated carbocycles. The molecule has 0 radical (unpaired) electrons. The molecule has 7 heteroatoms. The molecule has 0 aliphatic carbocycles. The molecule has 0 aliphatic heterocycles. The molecule has 1 N–H and O–H groups in total. The molecule has 1 amide bonds. The first-order chi connectivity index (χ1) is 13.6. The number of carbonyl (C=O) groups is 1. The normalized spacial score (nSPS) is 10.7. The zero-order valence-corrected chi connectivity index (χ0v) is 16.2. The highest BCUT2D eigenvalue weighted by Gasteiger charge is 2.16. The number of nitrogens with zero attached hydrogens (tertiary/aromatic N) is 2. The van der Waals surface area contributed by atoms with Crippen LogP contribution in [-0.4, -0.2) is 36.5 Å². The number of rotatable bonds is 7. The predicted molar refractivity (Wildman–Crippen MR) is 107 cm³/mol. The molecule has 146 valence electrons. The Hall–Kier alpha value is -3.35. The van der Waals surface area contributed by atoms with Gasteiger partial charge in [0.25, 0.3) is 11.5 Å². The lowest BCUT2D eigenvalue weighted by Gasteiger charge is -2.11. The van der Waals surface area contributed by atoms with E-state index in [9.17, 15) is 9.59 Å². The molecule has 0 aliphatic rings. The summed E-state index contributed by atoms with van der Waals surface area (Å²) in [4.78, 5) is 25.1. The fourth-order valence-corrected chi connectivity index (χ4v) is 3.06. The van der Waals surface area contributed by atoms with Crippen LogP contribution in [0.3, 0.4) is 0 Å². The van der Waals surface area contributed by atoms with Crippen molar-refractivity contribution in [2.75, 3.05) is 20.8 Å². The van der Waals surface area contributed by atoms with Gasteiger partial charge in [0.2, 0.25) is 0 Å². The van der Waals surface area contributed by atoms with Crippen molar-refractivity contribution in [2.45, 2.75) is 19.9 Å². The lowest BCUT2D eigenvalue weighted by Crippen LogP contribution is -2.31. The number of hydrogen-bond donors (Lipinski definition) is 1. The van der Waals surface area contributed by atoms with E-state index < -0.39 is 0 Å². The zero-order valence-electron chi connectivity index (χ0n) is 16.2. The molecule has 7 nitrogen and oxygen atoms in total. The molecule has 2 aromatic carbocycles. The maximum Gasteiger partial charge on any atom is 0.274 e. The van der Waals surface area contributed by atoms with Crippen LogP contribution >= 0.6 is 0 Å². The van der Waals surface area contributed by atoms with E-state index in [1.54, 1.807) is 38.5 Å². The molecule has 3 rings (SSSR count). The number of hydrogen-bond acceptors (Lipinski definition) is 5. The Morgan fingerprint density at radius 3 is 2.46 bits per heavy atom. The van der Waals surface area contributed by atoms with Crippen molar-refractivity contribution < 1.29 is 14.3 Å². The average Bonchev–Trinajstić information content (AvgIpc) is 2.74. The minimum Gasteiger partial charge on any atom is -0.493 e. The third kappa shape index (κ3) is 3.83. The Balaban J connectivity index is 1.77. The van der Waals surface area contributed by atoms with E-state index in [0.717, 1.165) is 5.56 Å². The number of ether oxygens (including phenoxy) is 2. The number of carbonyl (C=O) groups excluding carboxylic acids is 1. The number of nitrogens with one attached hydrogen (secondary N) is 1. The lowest BCUT2D eigenvalue weighted by molar-refractivity contribution is 0.0948. The van der Waals surface area contributed by atoms with Gasteiger partial charge in [0, 0.05) is 18.5 Å². The molecular formula is C21H23N3O4. The Labute approximate surface area is 162 Å². The zero-order chi connectivity index (χ0) is 20.1. The van der Waals surface area contributed by atoms with Crippen LogP contribution in [0.25, 0.3) is 10.8 Å². The predicted octanol–water partition coefficient (Wildman–Crippen LogP) is 2.41. The standard InChI is InChI=1S/C21H23N3O4/c1-4-24-21(26)16-8-6-5-7-15(16)19(23-24)20(25)22-12-11-14-9-10-17(27-2)18(13-14)28-3/h5-10,13H,4,11-12H2,1-3H3,(H,22,25). The van der Waals surface area contributed by atoms with Gasteiger partial charge in [-0.3, -0.25) is 9.59 Å². The Bertz CT molecular complexity index is 1060. The molecule has 0 bridgehead atoms. The van der Waals surface area contributed by atoms with Crippen LogP contribution in [0.2, 0.25) is 0 Å². The number of aryl methyl sites for hydroxylation is 1. The van der Waals surface area contributed by atoms with Crippen LogP contribution in [0.15, 0.2) is 47.3 Å². The second-order valence-corrected chi connectivity index (χ2v) is 6.21. The summed E-state index contributed by atoms with van der Waals surface area (Å²) in [6.45, 7) is 2.65. The average molecular weight is 381 g/mol. The van der Waals surface area contributed by atoms with Crippen molar-refractivity contribution in [3.63, 3.8) is 0 Å². The number of aromatic nitrogens is 2. The van der Waals surface area contributed by atoms with Crippen LogP contribution in [-0.2, 0) is 13.0 Å². The first-order valence-electron chi connectivity index (χ1n) is 9.08. The molecule has 28 heavy (non-hydrogen) atoms. The van der Waals surface area contributed by atoms with Gasteiger partial charge < -0.3 is 14.8 Å². The lowest BCUT2D eigenvalue weighted by atomic mass is 10.1. The maximum atomic E-state index is 12.7. The van der Waals surface area contributed by atoms with Crippen LogP contribution in [0.1, 0.15) is 23.0 Å². The van der Waals surface area contributed by atoms with E-state index in [0.29, 0.717) is 41.8 Å². The van der Waals surface area contributed by atoms with Crippen molar-refractivity contribution in [1.29, 1.82) is 0 Å². The monoisotopic (exact) mass is 381 g/mol. The van der Waals surface area contributed by atoms with E-state index >= 15 is 0 Å². The third-order valence-corrected chi connectivity index (χ3v) is 4.53. The van der Waals surface area contributed by atoms with Gasteiger partial charge in [-0.2, -0.15) is 5.10 Å². The quantitative estimate of drug-likeness (QED) is 0.680. The van der Waals surface area contributed by atoms with Gasteiger partial charge in [0.1, 0.15) is 0 Å². The molecule has 0 spiro atoms. The van der Waals surface area contributed by atoms with Crippen LogP contribution in [0.5, 0.6) is 11.5 Å². The number of amides is 1. The molecule has 1 aromatic heterocycles. The van der Waals surface area contributed by atoms with Gasteiger partial charge in [0.15, 0.2) is 17.2 Å². The largest absolute Gasteiger partial charge is 0.493 e. The summed E-state index contributed by atoms with van der Waals surface area (Å²) in [5, 5.41) is 8.18. The fourth-order valence-electron chi connectivity index (χ4n) is 3.06. The van der Waals surface area contributed by atoms with E-state index in [4.69, 9.17) is 9.47 Å². The summed E-state index contributed by atoms with van der Waals surface area (Å²) >= 11 is 0. The van der Waals surface area contributed by atoms with E-state index in [1.165, 1.54) is 4.68 Å². The molecule has 0 saturated heterocycles. The van der Waals surface area contributed by atoms with Gasteiger partial charge in [-0.05, 0) is 37.1 Å². The Kier molecular flexibility index (Phi) is 5.93. The molecule has 0 atom stereocenters. The van der Waals surface area contributed by atoms with E-state index in [-0.39, 0.29) is 17.2 Å². The number of methoxy groups -OCH3 is 2. The van der Waals surface area contributed by atoms with Crippen molar-refractivity contribution in [2.24, 2.45) is 0 Å². The first-order valence-corrected chi connectivity index (χ1v) is 9.08. The van der Waals surface area contributed by atoms with Gasteiger partial charge in [-0.25, -0.2) is 4.68 Å². The van der Waals surface area contributed by atoms with E-state index in [1.807, 2.05) is 25.1 Å². The van der Waals surface area contributed by atoms with Crippen LogP contribution in [0, 0.1) is 0 Å². The van der Waals surface area contributed by atoms with Crippen molar-refractivity contribution in [1.82, 2.24) is 15.1 Å². The summed E-state index contributed by atoms with van der Waals surface area (Å²) in [6, 6.07) is 12.7.